The molecule has 3 fully saturated rings. The average Bonchev–Trinajstić information content (AvgIpc) is 3.43. The molecular weight excluding hydrogens is 431 g/mol. The Bertz CT molecular complexity index is 988. The van der Waals surface area contributed by atoms with E-state index >= 15 is 0 Å². The summed E-state index contributed by atoms with van der Waals surface area (Å²) >= 11 is 0. The summed E-state index contributed by atoms with van der Waals surface area (Å²) in [6.07, 6.45) is 2.84. The van der Waals surface area contributed by atoms with E-state index in [1.807, 2.05) is 0 Å². The van der Waals surface area contributed by atoms with Crippen molar-refractivity contribution in [1.82, 2.24) is 15.4 Å². The molecule has 2 aliphatic carbocycles. The summed E-state index contributed by atoms with van der Waals surface area (Å²) in [5.74, 6) is 1.66. The predicted molar refractivity (Wildman–Crippen MR) is 119 cm³/mol. The van der Waals surface area contributed by atoms with Crippen LogP contribution in [0.5, 0.6) is 0 Å². The average molecular weight is 464 g/mol. The lowest BCUT2D eigenvalue weighted by atomic mass is 9.87. The third kappa shape index (κ3) is 5.05. The van der Waals surface area contributed by atoms with Crippen molar-refractivity contribution in [3.63, 3.8) is 0 Å². The van der Waals surface area contributed by atoms with Crippen LogP contribution >= 0.6 is 0 Å². The number of rotatable bonds is 5. The number of carbonyl (C=O) groups is 1. The first-order valence-corrected chi connectivity index (χ1v) is 12.3. The number of aromatic nitrogens is 1. The molecular formula is C25H32F3N3O2. The van der Waals surface area contributed by atoms with E-state index in [4.69, 9.17) is 4.52 Å². The summed E-state index contributed by atoms with van der Waals surface area (Å²) in [4.78, 5) is 15.0. The van der Waals surface area contributed by atoms with Crippen molar-refractivity contribution in [2.45, 2.75) is 70.0 Å². The summed E-state index contributed by atoms with van der Waals surface area (Å²) in [5.41, 5.74) is 0.374. The maximum Gasteiger partial charge on any atom is 0.416 e. The van der Waals surface area contributed by atoms with Crippen LogP contribution in [0.1, 0.15) is 69.0 Å². The number of amides is 1. The Balaban J connectivity index is 1.11. The second-order valence-corrected chi connectivity index (χ2v) is 10.4. The first kappa shape index (κ1) is 22.7. The molecule has 1 aliphatic heterocycles. The molecule has 1 amide bonds. The van der Waals surface area contributed by atoms with Crippen molar-refractivity contribution in [1.29, 1.82) is 0 Å². The molecule has 1 saturated heterocycles. The van der Waals surface area contributed by atoms with Gasteiger partial charge in [-0.25, -0.2) is 0 Å². The summed E-state index contributed by atoms with van der Waals surface area (Å²) in [6.45, 7) is 4.93. The molecule has 0 bridgehead atoms. The van der Waals surface area contributed by atoms with Gasteiger partial charge in [0.2, 0.25) is 5.91 Å². The molecule has 2 aromatic rings. The zero-order chi connectivity index (χ0) is 23.2. The highest BCUT2D eigenvalue weighted by Gasteiger charge is 2.44. The van der Waals surface area contributed by atoms with Gasteiger partial charge >= 0.3 is 6.18 Å². The van der Waals surface area contributed by atoms with Crippen LogP contribution in [0.2, 0.25) is 0 Å². The fraction of sp³-hybridized carbons (Fsp3) is 0.680. The predicted octanol–water partition coefficient (Wildman–Crippen LogP) is 5.36. The van der Waals surface area contributed by atoms with Gasteiger partial charge in [0.15, 0.2) is 5.58 Å². The normalized spacial score (nSPS) is 29.3. The van der Waals surface area contributed by atoms with Gasteiger partial charge < -0.3 is 14.7 Å². The van der Waals surface area contributed by atoms with E-state index in [-0.39, 0.29) is 17.7 Å². The van der Waals surface area contributed by atoms with Crippen LogP contribution in [-0.4, -0.2) is 41.6 Å². The number of fused-ring (bicyclic) bond motifs is 1. The van der Waals surface area contributed by atoms with Crippen LogP contribution in [0.4, 0.5) is 13.2 Å². The number of halogens is 3. The monoisotopic (exact) mass is 463 g/mol. The molecule has 0 radical (unpaired) electrons. The third-order valence-corrected chi connectivity index (χ3v) is 7.91. The number of hydrogen-bond acceptors (Lipinski definition) is 4. The molecule has 2 saturated carbocycles. The quantitative estimate of drug-likeness (QED) is 0.649. The van der Waals surface area contributed by atoms with Crippen molar-refractivity contribution in [2.75, 3.05) is 19.6 Å². The van der Waals surface area contributed by atoms with E-state index in [1.54, 1.807) is 0 Å². The molecule has 5 nitrogen and oxygen atoms in total. The Morgan fingerprint density at radius 2 is 1.88 bits per heavy atom. The van der Waals surface area contributed by atoms with Gasteiger partial charge in [-0.1, -0.05) is 12.1 Å². The van der Waals surface area contributed by atoms with Crippen molar-refractivity contribution in [2.24, 2.45) is 17.8 Å². The van der Waals surface area contributed by atoms with Gasteiger partial charge in [0.25, 0.3) is 0 Å². The molecule has 3 aliphatic rings. The highest BCUT2D eigenvalue weighted by Crippen LogP contribution is 2.41. The smallest absolute Gasteiger partial charge is 0.356 e. The number of nitrogens with one attached hydrogen (secondary N) is 1. The Hall–Kier alpha value is -2.09. The van der Waals surface area contributed by atoms with E-state index < -0.39 is 11.7 Å². The van der Waals surface area contributed by atoms with Crippen molar-refractivity contribution in [3.05, 3.63) is 29.5 Å². The molecule has 0 spiro atoms. The zero-order valence-corrected chi connectivity index (χ0v) is 19.0. The largest absolute Gasteiger partial charge is 0.416 e. The van der Waals surface area contributed by atoms with Gasteiger partial charge in [0, 0.05) is 29.8 Å². The zero-order valence-electron chi connectivity index (χ0n) is 19.0. The number of nitrogens with zero attached hydrogens (tertiary/aromatic N) is 2. The fourth-order valence-electron chi connectivity index (χ4n) is 5.63. The molecule has 2 atom stereocenters. The molecule has 1 aromatic heterocycles. The van der Waals surface area contributed by atoms with E-state index in [9.17, 15) is 18.0 Å². The lowest BCUT2D eigenvalue weighted by Crippen LogP contribution is -2.39. The maximum absolute atomic E-state index is 13.1. The summed E-state index contributed by atoms with van der Waals surface area (Å²) in [6, 6.07) is 3.90. The van der Waals surface area contributed by atoms with Crippen LogP contribution in [0, 0.1) is 17.8 Å². The van der Waals surface area contributed by atoms with E-state index in [0.717, 1.165) is 69.8 Å². The minimum absolute atomic E-state index is 0.0953. The molecule has 8 heteroatoms. The minimum atomic E-state index is -4.38. The molecule has 33 heavy (non-hydrogen) atoms. The minimum Gasteiger partial charge on any atom is -0.356 e. The number of likely N-dealkylation sites (tertiary alicyclic amines) is 1. The lowest BCUT2D eigenvalue weighted by Gasteiger charge is -2.31. The highest BCUT2D eigenvalue weighted by molar-refractivity contribution is 5.82. The topological polar surface area (TPSA) is 58.4 Å². The number of hydrogen-bond donors (Lipinski definition) is 1. The van der Waals surface area contributed by atoms with E-state index in [2.05, 4.69) is 22.3 Å². The van der Waals surface area contributed by atoms with Crippen LogP contribution in [0.25, 0.3) is 11.0 Å². The van der Waals surface area contributed by atoms with E-state index in [0.29, 0.717) is 28.6 Å². The summed E-state index contributed by atoms with van der Waals surface area (Å²) < 4.78 is 44.7. The Morgan fingerprint density at radius 3 is 2.58 bits per heavy atom. The van der Waals surface area contributed by atoms with Crippen LogP contribution in [0.3, 0.4) is 0 Å². The van der Waals surface area contributed by atoms with Gasteiger partial charge in [-0.3, -0.25) is 4.79 Å². The highest BCUT2D eigenvalue weighted by atomic mass is 19.4. The van der Waals surface area contributed by atoms with Gasteiger partial charge in [0.1, 0.15) is 0 Å². The van der Waals surface area contributed by atoms with Crippen LogP contribution in [-0.2, 0) is 11.0 Å². The van der Waals surface area contributed by atoms with Crippen LogP contribution < -0.4 is 5.32 Å². The summed E-state index contributed by atoms with van der Waals surface area (Å²) in [7, 11) is 0. The van der Waals surface area contributed by atoms with Gasteiger partial charge in [-0.2, -0.15) is 13.2 Å². The summed E-state index contributed by atoms with van der Waals surface area (Å²) in [5, 5.41) is 7.86. The van der Waals surface area contributed by atoms with Gasteiger partial charge in [-0.05, 0) is 88.1 Å². The molecule has 0 unspecified atom stereocenters. The number of carbonyl (C=O) groups excluding carboxylic acids is 1. The Kier molecular flexibility index (Phi) is 6.14. The Morgan fingerprint density at radius 1 is 1.15 bits per heavy atom. The first-order valence-electron chi connectivity index (χ1n) is 12.3. The fourth-order valence-corrected chi connectivity index (χ4v) is 5.63. The standard InChI is InChI=1S/C25H32F3N3O2/c1-15-2-5-19(6-3-15)29-24(32)20-12-17(20)14-31-10-8-16(9-11-31)23-21-13-18(25(26,27)28)4-7-22(21)33-30-23/h4,7,13,15-17,19-20H,2-3,5-6,8-12,14H2,1H3,(H,29,32)/t15-,17-,19-,20+/m0/s1. The Labute approximate surface area is 192 Å². The van der Waals surface area contributed by atoms with Crippen molar-refractivity contribution in [3.8, 4) is 0 Å². The number of benzene rings is 1. The molecule has 5 rings (SSSR count). The van der Waals surface area contributed by atoms with Crippen molar-refractivity contribution < 1.29 is 22.5 Å². The number of alkyl halides is 3. The molecule has 1 N–H and O–H groups in total. The molecule has 1 aromatic carbocycles. The molecule has 2 heterocycles. The number of piperidine rings is 1. The second-order valence-electron chi connectivity index (χ2n) is 10.4. The third-order valence-electron chi connectivity index (χ3n) is 7.91. The second kappa shape index (κ2) is 8.93. The van der Waals surface area contributed by atoms with Crippen LogP contribution in [0.15, 0.2) is 22.7 Å². The lowest BCUT2D eigenvalue weighted by molar-refractivity contribution is -0.137. The van der Waals surface area contributed by atoms with Gasteiger partial charge in [0.05, 0.1) is 11.3 Å². The molecule has 180 valence electrons. The maximum atomic E-state index is 13.1. The van der Waals surface area contributed by atoms with E-state index in [1.165, 1.54) is 18.9 Å². The van der Waals surface area contributed by atoms with Crippen molar-refractivity contribution >= 4 is 16.9 Å². The van der Waals surface area contributed by atoms with Gasteiger partial charge in [-0.15, -0.1) is 0 Å². The SMILES string of the molecule is C[C@H]1CC[C@H](NC(=O)[C@@H]2C[C@H]2CN2CCC(c3noc4ccc(C(F)(F)F)cc34)CC2)CC1. The first-order chi connectivity index (χ1) is 15.8.